The first kappa shape index (κ1) is 16.9. The summed E-state index contributed by atoms with van der Waals surface area (Å²) in [6, 6.07) is 6.23. The highest BCUT2D eigenvalue weighted by Gasteiger charge is 2.13. The second kappa shape index (κ2) is 8.94. The number of nitro groups is 1. The molecule has 0 fully saturated rings. The highest BCUT2D eigenvalue weighted by atomic mass is 16.6. The molecule has 0 aromatic heterocycles. The van der Waals surface area contributed by atoms with Crippen LogP contribution < -0.4 is 10.1 Å². The number of nitro benzene ring substituents is 1. The van der Waals surface area contributed by atoms with Crippen LogP contribution in [0.4, 0.5) is 5.69 Å². The average Bonchev–Trinajstić information content (AvgIpc) is 2.43. The number of rotatable bonds is 9. The van der Waals surface area contributed by atoms with Crippen molar-refractivity contribution in [2.75, 3.05) is 13.2 Å². The van der Waals surface area contributed by atoms with Gasteiger partial charge in [0.1, 0.15) is 0 Å². The van der Waals surface area contributed by atoms with Crippen molar-refractivity contribution in [3.05, 3.63) is 34.4 Å². The van der Waals surface area contributed by atoms with E-state index in [2.05, 4.69) is 19.2 Å². The van der Waals surface area contributed by atoms with Crippen LogP contribution in [0, 0.1) is 16.0 Å². The molecule has 0 saturated heterocycles. The predicted octanol–water partition coefficient (Wildman–Crippen LogP) is 2.92. The maximum atomic E-state index is 11.5. The minimum absolute atomic E-state index is 0.0122. The number of nitrogens with zero attached hydrogens (tertiary/aromatic N) is 1. The van der Waals surface area contributed by atoms with E-state index in [0.717, 1.165) is 6.42 Å². The van der Waals surface area contributed by atoms with Gasteiger partial charge in [-0.05, 0) is 24.8 Å². The Morgan fingerprint density at radius 1 is 1.38 bits per heavy atom. The van der Waals surface area contributed by atoms with E-state index in [0.29, 0.717) is 25.3 Å². The number of hydrogen-bond donors (Lipinski definition) is 1. The summed E-state index contributed by atoms with van der Waals surface area (Å²) in [7, 11) is 0. The van der Waals surface area contributed by atoms with Crippen LogP contribution in [0.1, 0.15) is 33.1 Å². The molecule has 0 heterocycles. The summed E-state index contributed by atoms with van der Waals surface area (Å²) >= 11 is 0. The van der Waals surface area contributed by atoms with Crippen LogP contribution in [0.15, 0.2) is 24.3 Å². The summed E-state index contributed by atoms with van der Waals surface area (Å²) in [5.74, 6) is 0.789. The topological polar surface area (TPSA) is 81.5 Å². The molecule has 1 aromatic rings. The van der Waals surface area contributed by atoms with E-state index in [1.165, 1.54) is 6.07 Å². The van der Waals surface area contributed by atoms with Gasteiger partial charge in [-0.3, -0.25) is 14.9 Å². The number of carbonyl (C=O) groups excluding carboxylic acids is 1. The van der Waals surface area contributed by atoms with Gasteiger partial charge in [-0.1, -0.05) is 26.0 Å². The molecular weight excluding hydrogens is 272 g/mol. The van der Waals surface area contributed by atoms with Crippen molar-refractivity contribution in [1.82, 2.24) is 5.32 Å². The maximum absolute atomic E-state index is 11.5. The Kier molecular flexibility index (Phi) is 7.21. The molecule has 0 bridgehead atoms. The number of para-hydroxylation sites is 2. The lowest BCUT2D eigenvalue weighted by Crippen LogP contribution is -2.25. The van der Waals surface area contributed by atoms with E-state index in [9.17, 15) is 14.9 Å². The van der Waals surface area contributed by atoms with E-state index in [-0.39, 0.29) is 24.0 Å². The fourth-order valence-electron chi connectivity index (χ4n) is 1.73. The van der Waals surface area contributed by atoms with Crippen LogP contribution in [-0.4, -0.2) is 24.0 Å². The molecule has 116 valence electrons. The molecule has 0 aliphatic carbocycles. The van der Waals surface area contributed by atoms with Crippen molar-refractivity contribution in [2.45, 2.75) is 33.1 Å². The summed E-state index contributed by atoms with van der Waals surface area (Å²) in [5, 5.41) is 13.6. The van der Waals surface area contributed by atoms with E-state index in [4.69, 9.17) is 4.74 Å². The molecule has 6 nitrogen and oxygen atoms in total. The first-order valence-electron chi connectivity index (χ1n) is 7.13. The van der Waals surface area contributed by atoms with Gasteiger partial charge in [0.2, 0.25) is 5.91 Å². The fraction of sp³-hybridized carbons (Fsp3) is 0.533. The van der Waals surface area contributed by atoms with Crippen LogP contribution in [0.2, 0.25) is 0 Å². The fourth-order valence-corrected chi connectivity index (χ4v) is 1.73. The van der Waals surface area contributed by atoms with Crippen LogP contribution in [-0.2, 0) is 4.79 Å². The van der Waals surface area contributed by atoms with E-state index >= 15 is 0 Å². The number of nitrogens with one attached hydrogen (secondary N) is 1. The van der Waals surface area contributed by atoms with Crippen LogP contribution in [0.3, 0.4) is 0 Å². The standard InChI is InChI=1S/C15H22N2O4/c1-12(2)9-10-16-15(18)8-5-11-21-14-7-4-3-6-13(14)17(19)20/h3-4,6-7,12H,5,8-11H2,1-2H3,(H,16,18). The van der Waals surface area contributed by atoms with Crippen LogP contribution in [0.5, 0.6) is 5.75 Å². The largest absolute Gasteiger partial charge is 0.487 e. The molecule has 1 aromatic carbocycles. The van der Waals surface area contributed by atoms with Crippen LogP contribution in [0.25, 0.3) is 0 Å². The Hall–Kier alpha value is -2.11. The summed E-state index contributed by atoms with van der Waals surface area (Å²) in [5.41, 5.74) is -0.0566. The highest BCUT2D eigenvalue weighted by molar-refractivity contribution is 5.75. The number of hydrogen-bond acceptors (Lipinski definition) is 4. The minimum Gasteiger partial charge on any atom is -0.487 e. The van der Waals surface area contributed by atoms with Crippen LogP contribution >= 0.6 is 0 Å². The zero-order valence-corrected chi connectivity index (χ0v) is 12.5. The first-order chi connectivity index (χ1) is 10.0. The lowest BCUT2D eigenvalue weighted by molar-refractivity contribution is -0.385. The lowest BCUT2D eigenvalue weighted by atomic mass is 10.1. The van der Waals surface area contributed by atoms with Crippen molar-refractivity contribution in [2.24, 2.45) is 5.92 Å². The Morgan fingerprint density at radius 2 is 2.10 bits per heavy atom. The van der Waals surface area contributed by atoms with Gasteiger partial charge in [-0.2, -0.15) is 0 Å². The third kappa shape index (κ3) is 6.74. The molecular formula is C15H22N2O4. The molecule has 0 saturated carbocycles. The Bertz CT molecular complexity index is 474. The number of amides is 1. The van der Waals surface area contributed by atoms with Gasteiger partial charge in [0.05, 0.1) is 11.5 Å². The minimum atomic E-state index is -0.478. The molecule has 1 amide bonds. The predicted molar refractivity (Wildman–Crippen MR) is 80.3 cm³/mol. The van der Waals surface area contributed by atoms with Gasteiger partial charge < -0.3 is 10.1 Å². The molecule has 0 atom stereocenters. The Labute approximate surface area is 124 Å². The molecule has 21 heavy (non-hydrogen) atoms. The second-order valence-electron chi connectivity index (χ2n) is 5.21. The molecule has 0 unspecified atom stereocenters. The van der Waals surface area contributed by atoms with Gasteiger partial charge in [0, 0.05) is 19.0 Å². The van der Waals surface area contributed by atoms with Gasteiger partial charge in [-0.25, -0.2) is 0 Å². The maximum Gasteiger partial charge on any atom is 0.310 e. The number of benzene rings is 1. The third-order valence-electron chi connectivity index (χ3n) is 2.91. The summed E-state index contributed by atoms with van der Waals surface area (Å²) in [6.07, 6.45) is 1.84. The first-order valence-corrected chi connectivity index (χ1v) is 7.13. The zero-order valence-electron chi connectivity index (χ0n) is 12.5. The Balaban J connectivity index is 2.25. The van der Waals surface area contributed by atoms with Crippen molar-refractivity contribution in [3.63, 3.8) is 0 Å². The summed E-state index contributed by atoms with van der Waals surface area (Å²) in [6.45, 7) is 5.17. The zero-order chi connectivity index (χ0) is 15.7. The second-order valence-corrected chi connectivity index (χ2v) is 5.21. The van der Waals surface area contributed by atoms with Crippen molar-refractivity contribution in [1.29, 1.82) is 0 Å². The number of ether oxygens (including phenoxy) is 1. The van der Waals surface area contributed by atoms with Crippen molar-refractivity contribution < 1.29 is 14.5 Å². The summed E-state index contributed by atoms with van der Waals surface area (Å²) in [4.78, 5) is 21.9. The number of carbonyl (C=O) groups is 1. The SMILES string of the molecule is CC(C)CCNC(=O)CCCOc1ccccc1[N+](=O)[O-]. The summed E-state index contributed by atoms with van der Waals surface area (Å²) < 4.78 is 5.37. The van der Waals surface area contributed by atoms with Crippen molar-refractivity contribution >= 4 is 11.6 Å². The normalized spacial score (nSPS) is 10.4. The molecule has 6 heteroatoms. The highest BCUT2D eigenvalue weighted by Crippen LogP contribution is 2.25. The third-order valence-corrected chi connectivity index (χ3v) is 2.91. The monoisotopic (exact) mass is 294 g/mol. The molecule has 0 aliphatic heterocycles. The average molecular weight is 294 g/mol. The Morgan fingerprint density at radius 3 is 2.76 bits per heavy atom. The van der Waals surface area contributed by atoms with Gasteiger partial charge in [0.25, 0.3) is 0 Å². The van der Waals surface area contributed by atoms with E-state index in [1.54, 1.807) is 18.2 Å². The molecule has 0 aliphatic rings. The van der Waals surface area contributed by atoms with E-state index < -0.39 is 4.92 Å². The lowest BCUT2D eigenvalue weighted by Gasteiger charge is -2.08. The molecule has 0 radical (unpaired) electrons. The molecule has 0 spiro atoms. The van der Waals surface area contributed by atoms with Gasteiger partial charge >= 0.3 is 5.69 Å². The quantitative estimate of drug-likeness (QED) is 0.431. The molecule has 1 rings (SSSR count). The van der Waals surface area contributed by atoms with Gasteiger partial charge in [0.15, 0.2) is 5.75 Å². The van der Waals surface area contributed by atoms with Gasteiger partial charge in [-0.15, -0.1) is 0 Å². The van der Waals surface area contributed by atoms with E-state index in [1.807, 2.05) is 0 Å². The molecule has 1 N–H and O–H groups in total. The van der Waals surface area contributed by atoms with Crippen molar-refractivity contribution in [3.8, 4) is 5.75 Å². The smallest absolute Gasteiger partial charge is 0.310 e.